The fraction of sp³-hybridized carbons (Fsp3) is 0.125. The molecule has 0 amide bonds. The number of hydrogen-bond donors (Lipinski definition) is 0. The van der Waals surface area contributed by atoms with Crippen LogP contribution in [0, 0.1) is 0 Å². The van der Waals surface area contributed by atoms with Crippen molar-refractivity contribution in [2.24, 2.45) is 0 Å². The summed E-state index contributed by atoms with van der Waals surface area (Å²) in [6.07, 6.45) is 1.87. The van der Waals surface area contributed by atoms with Gasteiger partial charge >= 0.3 is 0 Å². The van der Waals surface area contributed by atoms with E-state index in [1.165, 1.54) is 0 Å². The van der Waals surface area contributed by atoms with Crippen LogP contribution in [0.25, 0.3) is 0 Å². The maximum Gasteiger partial charge on any atom is 0.122 e. The second kappa shape index (κ2) is 6.03. The van der Waals surface area contributed by atoms with Crippen LogP contribution >= 0.6 is 75.5 Å². The molecular formula is C8H5Br4NS. The molecule has 1 rings (SSSR count). The Bertz CT molecular complexity index is 341. The van der Waals surface area contributed by atoms with E-state index in [0.29, 0.717) is 0 Å². The van der Waals surface area contributed by atoms with E-state index < -0.39 is 0 Å². The number of hydrogen-bond acceptors (Lipinski definition) is 2. The summed E-state index contributed by atoms with van der Waals surface area (Å²) in [7, 11) is 0. The fourth-order valence-corrected chi connectivity index (χ4v) is 4.25. The standard InChI is InChI=1S/C8H5Br4NS/c1-2-3-14-6-4(9)7(11)13-8(12)5(6)10/h2H,1,3H2. The van der Waals surface area contributed by atoms with E-state index in [9.17, 15) is 0 Å². The van der Waals surface area contributed by atoms with Gasteiger partial charge in [-0.3, -0.25) is 0 Å². The van der Waals surface area contributed by atoms with Gasteiger partial charge in [0.1, 0.15) is 9.21 Å². The number of nitrogens with zero attached hydrogens (tertiary/aromatic N) is 1. The third-order valence-electron chi connectivity index (χ3n) is 1.30. The first-order chi connectivity index (χ1) is 6.57. The van der Waals surface area contributed by atoms with Gasteiger partial charge in [0.2, 0.25) is 0 Å². The minimum atomic E-state index is 0.791. The van der Waals surface area contributed by atoms with Gasteiger partial charge in [-0.05, 0) is 63.7 Å². The zero-order valence-electron chi connectivity index (χ0n) is 6.86. The van der Waals surface area contributed by atoms with Crippen LogP contribution in [-0.4, -0.2) is 10.7 Å². The Morgan fingerprint density at radius 3 is 2.07 bits per heavy atom. The first kappa shape index (κ1) is 13.2. The normalized spacial score (nSPS) is 10.3. The van der Waals surface area contributed by atoms with Gasteiger partial charge in [-0.1, -0.05) is 6.08 Å². The molecular weight excluding hydrogens is 462 g/mol. The topological polar surface area (TPSA) is 12.9 Å². The minimum Gasteiger partial charge on any atom is -0.232 e. The number of aromatic nitrogens is 1. The highest BCUT2D eigenvalue weighted by molar-refractivity contribution is 9.13. The van der Waals surface area contributed by atoms with Crippen LogP contribution in [0.1, 0.15) is 0 Å². The predicted molar refractivity (Wildman–Crippen MR) is 76.0 cm³/mol. The van der Waals surface area contributed by atoms with Crippen LogP contribution in [0.4, 0.5) is 0 Å². The molecule has 1 aromatic heterocycles. The van der Waals surface area contributed by atoms with E-state index in [1.807, 2.05) is 6.08 Å². The summed E-state index contributed by atoms with van der Waals surface area (Å²) in [6, 6.07) is 0. The number of thioether (sulfide) groups is 1. The lowest BCUT2D eigenvalue weighted by atomic mass is 10.5. The summed E-state index contributed by atoms with van der Waals surface area (Å²) in [5, 5.41) is 0. The summed E-state index contributed by atoms with van der Waals surface area (Å²) < 4.78 is 3.50. The molecule has 6 heteroatoms. The number of rotatable bonds is 3. The molecule has 0 fully saturated rings. The van der Waals surface area contributed by atoms with Crippen LogP contribution in [0.15, 0.2) is 35.7 Å². The van der Waals surface area contributed by atoms with Gasteiger partial charge in [-0.25, -0.2) is 4.98 Å². The molecule has 0 atom stereocenters. The molecule has 0 radical (unpaired) electrons. The molecule has 1 aromatic rings. The van der Waals surface area contributed by atoms with Crippen LogP contribution in [-0.2, 0) is 0 Å². The third-order valence-corrected chi connectivity index (χ3v) is 6.68. The lowest BCUT2D eigenvalue weighted by molar-refractivity contribution is 1.12. The van der Waals surface area contributed by atoms with Crippen molar-refractivity contribution in [1.82, 2.24) is 4.98 Å². The molecule has 14 heavy (non-hydrogen) atoms. The Balaban J connectivity index is 3.17. The van der Waals surface area contributed by atoms with Crippen molar-refractivity contribution in [3.05, 3.63) is 30.8 Å². The maximum absolute atomic E-state index is 4.24. The molecule has 0 spiro atoms. The average Bonchev–Trinajstić information content (AvgIpc) is 2.15. The summed E-state index contributed by atoms with van der Waals surface area (Å²) in [5.74, 6) is 0.861. The average molecular weight is 467 g/mol. The van der Waals surface area contributed by atoms with E-state index in [0.717, 1.165) is 28.8 Å². The molecule has 0 saturated heterocycles. The van der Waals surface area contributed by atoms with E-state index in [1.54, 1.807) is 11.8 Å². The van der Waals surface area contributed by atoms with Gasteiger partial charge in [-0.2, -0.15) is 0 Å². The predicted octanol–water partition coefficient (Wildman–Crippen LogP) is 5.41. The van der Waals surface area contributed by atoms with Gasteiger partial charge in [0.05, 0.1) is 8.95 Å². The Labute approximate surface area is 121 Å². The molecule has 0 aliphatic carbocycles. The van der Waals surface area contributed by atoms with Crippen molar-refractivity contribution >= 4 is 75.5 Å². The Hall–Kier alpha value is 1.16. The molecule has 0 aromatic carbocycles. The van der Waals surface area contributed by atoms with E-state index in [2.05, 4.69) is 75.3 Å². The summed E-state index contributed by atoms with van der Waals surface area (Å²) in [5.41, 5.74) is 0. The number of pyridine rings is 1. The van der Waals surface area contributed by atoms with Crippen LogP contribution in [0.5, 0.6) is 0 Å². The van der Waals surface area contributed by atoms with Gasteiger partial charge in [-0.15, -0.1) is 18.3 Å². The quantitative estimate of drug-likeness (QED) is 0.336. The van der Waals surface area contributed by atoms with Gasteiger partial charge in [0.25, 0.3) is 0 Å². The highest BCUT2D eigenvalue weighted by Gasteiger charge is 2.13. The van der Waals surface area contributed by atoms with E-state index in [4.69, 9.17) is 0 Å². The van der Waals surface area contributed by atoms with Crippen molar-refractivity contribution < 1.29 is 0 Å². The highest BCUT2D eigenvalue weighted by Crippen LogP contribution is 2.41. The molecule has 0 aliphatic rings. The molecule has 76 valence electrons. The molecule has 0 aliphatic heterocycles. The van der Waals surface area contributed by atoms with Crippen molar-refractivity contribution in [3.8, 4) is 0 Å². The Morgan fingerprint density at radius 2 is 1.64 bits per heavy atom. The zero-order valence-corrected chi connectivity index (χ0v) is 14.0. The summed E-state index contributed by atoms with van der Waals surface area (Å²) in [6.45, 7) is 3.69. The first-order valence-corrected chi connectivity index (χ1v) is 7.67. The van der Waals surface area contributed by atoms with Crippen molar-refractivity contribution in [1.29, 1.82) is 0 Å². The Kier molecular flexibility index (Phi) is 5.70. The van der Waals surface area contributed by atoms with Gasteiger partial charge in [0.15, 0.2) is 0 Å². The lowest BCUT2D eigenvalue weighted by Gasteiger charge is -2.08. The molecule has 0 saturated carbocycles. The van der Waals surface area contributed by atoms with Gasteiger partial charge in [0, 0.05) is 10.6 Å². The van der Waals surface area contributed by atoms with E-state index >= 15 is 0 Å². The molecule has 0 N–H and O–H groups in total. The number of halogens is 4. The molecule has 1 heterocycles. The molecule has 0 bridgehead atoms. The zero-order chi connectivity index (χ0) is 10.7. The summed E-state index contributed by atoms with van der Waals surface area (Å²) in [4.78, 5) is 5.35. The SMILES string of the molecule is C=CCSc1c(Br)c(Br)nc(Br)c1Br. The van der Waals surface area contributed by atoms with Crippen molar-refractivity contribution in [2.75, 3.05) is 5.75 Å². The summed E-state index contributed by atoms with van der Waals surface area (Å²) >= 11 is 15.4. The largest absolute Gasteiger partial charge is 0.232 e. The lowest BCUT2D eigenvalue weighted by Crippen LogP contribution is -1.87. The van der Waals surface area contributed by atoms with Crippen LogP contribution < -0.4 is 0 Å². The maximum atomic E-state index is 4.24. The van der Waals surface area contributed by atoms with E-state index in [-0.39, 0.29) is 0 Å². The third kappa shape index (κ3) is 3.07. The van der Waals surface area contributed by atoms with Crippen molar-refractivity contribution in [3.63, 3.8) is 0 Å². The molecule has 1 nitrogen and oxygen atoms in total. The smallest absolute Gasteiger partial charge is 0.122 e. The fourth-order valence-electron chi connectivity index (χ4n) is 0.737. The second-order valence-electron chi connectivity index (χ2n) is 2.25. The van der Waals surface area contributed by atoms with Crippen LogP contribution in [0.2, 0.25) is 0 Å². The van der Waals surface area contributed by atoms with Crippen molar-refractivity contribution in [2.45, 2.75) is 4.90 Å². The first-order valence-electron chi connectivity index (χ1n) is 3.51. The monoisotopic (exact) mass is 463 g/mol. The molecule has 0 unspecified atom stereocenters. The van der Waals surface area contributed by atoms with Crippen LogP contribution in [0.3, 0.4) is 0 Å². The highest BCUT2D eigenvalue weighted by atomic mass is 79.9. The minimum absolute atomic E-state index is 0.791. The second-order valence-corrected chi connectivity index (χ2v) is 6.37. The van der Waals surface area contributed by atoms with Gasteiger partial charge < -0.3 is 0 Å². The Morgan fingerprint density at radius 1 is 1.14 bits per heavy atom.